The van der Waals surface area contributed by atoms with Gasteiger partial charge in [0.1, 0.15) is 11.5 Å². The summed E-state index contributed by atoms with van der Waals surface area (Å²) in [5, 5.41) is 0.639. The summed E-state index contributed by atoms with van der Waals surface area (Å²) in [4.78, 5) is 0. The maximum Gasteiger partial charge on any atom is 0.133 e. The van der Waals surface area contributed by atoms with E-state index in [9.17, 15) is 0 Å². The smallest absolute Gasteiger partial charge is 0.133 e. The molecule has 2 aromatic carbocycles. The second kappa shape index (κ2) is 5.42. The van der Waals surface area contributed by atoms with E-state index in [1.807, 2.05) is 44.2 Å². The molecule has 0 aliphatic heterocycles. The predicted molar refractivity (Wildman–Crippen MR) is 75.3 cm³/mol. The predicted octanol–water partition coefficient (Wildman–Crippen LogP) is 4.21. The molecule has 0 atom stereocenters. The van der Waals surface area contributed by atoms with Gasteiger partial charge in [-0.25, -0.2) is 0 Å². The number of nitrogens with two attached hydrogens (primary N) is 1. The first-order chi connectivity index (χ1) is 8.61. The topological polar surface area (TPSA) is 35.2 Å². The highest BCUT2D eigenvalue weighted by Crippen LogP contribution is 2.31. The molecule has 0 heterocycles. The lowest BCUT2D eigenvalue weighted by molar-refractivity contribution is 0.472. The Kier molecular flexibility index (Phi) is 3.90. The molecule has 0 aliphatic carbocycles. The van der Waals surface area contributed by atoms with E-state index in [4.69, 9.17) is 22.1 Å². The van der Waals surface area contributed by atoms with E-state index in [1.165, 1.54) is 0 Å². The molecule has 0 aromatic heterocycles. The van der Waals surface area contributed by atoms with E-state index in [1.54, 1.807) is 0 Å². The molecule has 0 saturated carbocycles. The van der Waals surface area contributed by atoms with Gasteiger partial charge in [-0.3, -0.25) is 0 Å². The summed E-state index contributed by atoms with van der Waals surface area (Å²) in [5.41, 5.74) is 8.79. The number of benzene rings is 2. The molecule has 0 amide bonds. The Morgan fingerprint density at radius 2 is 1.89 bits per heavy atom. The number of aryl methyl sites for hydroxylation is 2. The van der Waals surface area contributed by atoms with Gasteiger partial charge in [0.25, 0.3) is 0 Å². The fourth-order valence-electron chi connectivity index (χ4n) is 1.77. The molecule has 94 valence electrons. The number of hydrogen-bond donors (Lipinski definition) is 1. The van der Waals surface area contributed by atoms with Crippen molar-refractivity contribution in [2.75, 3.05) is 0 Å². The zero-order chi connectivity index (χ0) is 13.1. The van der Waals surface area contributed by atoms with Gasteiger partial charge in [0.2, 0.25) is 0 Å². The maximum atomic E-state index is 6.11. The van der Waals surface area contributed by atoms with Crippen LogP contribution in [0, 0.1) is 13.8 Å². The van der Waals surface area contributed by atoms with E-state index in [0.717, 1.165) is 28.2 Å². The van der Waals surface area contributed by atoms with Gasteiger partial charge in [-0.2, -0.15) is 0 Å². The normalized spacial score (nSPS) is 10.4. The van der Waals surface area contributed by atoms with Crippen molar-refractivity contribution in [1.29, 1.82) is 0 Å². The highest BCUT2D eigenvalue weighted by molar-refractivity contribution is 6.31. The number of hydrogen-bond acceptors (Lipinski definition) is 2. The molecule has 0 fully saturated rings. The molecule has 3 heteroatoms. The van der Waals surface area contributed by atoms with Crippen molar-refractivity contribution >= 4 is 11.6 Å². The summed E-state index contributed by atoms with van der Waals surface area (Å²) in [6.45, 7) is 4.41. The second-order valence-electron chi connectivity index (χ2n) is 4.29. The minimum Gasteiger partial charge on any atom is -0.457 e. The van der Waals surface area contributed by atoms with Crippen LogP contribution in [0.15, 0.2) is 36.4 Å². The molecule has 2 nitrogen and oxygen atoms in total. The van der Waals surface area contributed by atoms with E-state index < -0.39 is 0 Å². The number of ether oxygens (including phenoxy) is 1. The standard InChI is InChI=1S/C15H16ClNO/c1-10-6-7-11(2)15(8-10)18-14-5-3-4-13(16)12(14)9-17/h3-8H,9,17H2,1-2H3. The van der Waals surface area contributed by atoms with E-state index in [2.05, 4.69) is 6.07 Å². The molecular formula is C15H16ClNO. The summed E-state index contributed by atoms with van der Waals surface area (Å²) in [6.07, 6.45) is 0. The van der Waals surface area contributed by atoms with Crippen LogP contribution in [0.5, 0.6) is 11.5 Å². The zero-order valence-electron chi connectivity index (χ0n) is 10.5. The molecule has 0 aliphatic rings. The van der Waals surface area contributed by atoms with Gasteiger partial charge in [-0.15, -0.1) is 0 Å². The van der Waals surface area contributed by atoms with Gasteiger partial charge in [-0.05, 0) is 43.2 Å². The van der Waals surface area contributed by atoms with Crippen LogP contribution in [-0.2, 0) is 6.54 Å². The highest BCUT2D eigenvalue weighted by atomic mass is 35.5. The van der Waals surface area contributed by atoms with Crippen molar-refractivity contribution < 1.29 is 4.74 Å². The van der Waals surface area contributed by atoms with Crippen LogP contribution < -0.4 is 10.5 Å². The molecule has 0 bridgehead atoms. The van der Waals surface area contributed by atoms with Gasteiger partial charge in [0, 0.05) is 17.1 Å². The molecule has 0 unspecified atom stereocenters. The molecule has 0 saturated heterocycles. The maximum absolute atomic E-state index is 6.11. The summed E-state index contributed by atoms with van der Waals surface area (Å²) in [5.74, 6) is 1.56. The fourth-order valence-corrected chi connectivity index (χ4v) is 2.01. The van der Waals surface area contributed by atoms with Crippen molar-refractivity contribution in [3.05, 3.63) is 58.1 Å². The minimum absolute atomic E-state index is 0.361. The molecule has 18 heavy (non-hydrogen) atoms. The van der Waals surface area contributed by atoms with Crippen molar-refractivity contribution in [3.8, 4) is 11.5 Å². The van der Waals surface area contributed by atoms with E-state index in [-0.39, 0.29) is 0 Å². The van der Waals surface area contributed by atoms with Crippen molar-refractivity contribution in [2.24, 2.45) is 5.73 Å². The van der Waals surface area contributed by atoms with Gasteiger partial charge >= 0.3 is 0 Å². The van der Waals surface area contributed by atoms with Gasteiger partial charge in [-0.1, -0.05) is 29.8 Å². The van der Waals surface area contributed by atoms with E-state index in [0.29, 0.717) is 11.6 Å². The molecule has 0 radical (unpaired) electrons. The largest absolute Gasteiger partial charge is 0.457 e. The Morgan fingerprint density at radius 3 is 2.61 bits per heavy atom. The average molecular weight is 262 g/mol. The van der Waals surface area contributed by atoms with Crippen LogP contribution in [-0.4, -0.2) is 0 Å². The van der Waals surface area contributed by atoms with Crippen LogP contribution >= 0.6 is 11.6 Å². The van der Waals surface area contributed by atoms with Crippen LogP contribution in [0.3, 0.4) is 0 Å². The Morgan fingerprint density at radius 1 is 1.11 bits per heavy atom. The molecule has 2 aromatic rings. The lowest BCUT2D eigenvalue weighted by atomic mass is 10.1. The summed E-state index contributed by atoms with van der Waals surface area (Å²) < 4.78 is 5.93. The van der Waals surface area contributed by atoms with Crippen molar-refractivity contribution in [3.63, 3.8) is 0 Å². The quantitative estimate of drug-likeness (QED) is 0.898. The van der Waals surface area contributed by atoms with Crippen LogP contribution in [0.4, 0.5) is 0 Å². The lowest BCUT2D eigenvalue weighted by Crippen LogP contribution is -2.01. The third kappa shape index (κ3) is 2.66. The third-order valence-corrected chi connectivity index (χ3v) is 3.20. The molecule has 2 N–H and O–H groups in total. The first-order valence-corrected chi connectivity index (χ1v) is 6.22. The Hall–Kier alpha value is -1.51. The number of halogens is 1. The Bertz CT molecular complexity index is 566. The van der Waals surface area contributed by atoms with E-state index >= 15 is 0 Å². The first-order valence-electron chi connectivity index (χ1n) is 5.84. The van der Waals surface area contributed by atoms with Gasteiger partial charge in [0.15, 0.2) is 0 Å². The van der Waals surface area contributed by atoms with Crippen LogP contribution in [0.1, 0.15) is 16.7 Å². The SMILES string of the molecule is Cc1ccc(C)c(Oc2cccc(Cl)c2CN)c1. The summed E-state index contributed by atoms with van der Waals surface area (Å²) in [6, 6.07) is 11.7. The fraction of sp³-hybridized carbons (Fsp3) is 0.200. The zero-order valence-corrected chi connectivity index (χ0v) is 11.3. The molecule has 2 rings (SSSR count). The summed E-state index contributed by atoms with van der Waals surface area (Å²) >= 11 is 6.11. The summed E-state index contributed by atoms with van der Waals surface area (Å²) in [7, 11) is 0. The van der Waals surface area contributed by atoms with Crippen LogP contribution in [0.25, 0.3) is 0 Å². The Balaban J connectivity index is 2.40. The Labute approximate surface area is 112 Å². The van der Waals surface area contributed by atoms with Gasteiger partial charge < -0.3 is 10.5 Å². The molecular weight excluding hydrogens is 246 g/mol. The van der Waals surface area contributed by atoms with Gasteiger partial charge in [0.05, 0.1) is 0 Å². The second-order valence-corrected chi connectivity index (χ2v) is 4.70. The third-order valence-electron chi connectivity index (χ3n) is 2.84. The minimum atomic E-state index is 0.361. The van der Waals surface area contributed by atoms with Crippen LogP contribution in [0.2, 0.25) is 5.02 Å². The average Bonchev–Trinajstić information content (AvgIpc) is 2.34. The highest BCUT2D eigenvalue weighted by Gasteiger charge is 2.09. The number of rotatable bonds is 3. The van der Waals surface area contributed by atoms with Crippen molar-refractivity contribution in [2.45, 2.75) is 20.4 Å². The monoisotopic (exact) mass is 261 g/mol. The first kappa shape index (κ1) is 12.9. The molecule has 0 spiro atoms. The lowest BCUT2D eigenvalue weighted by Gasteiger charge is -2.13. The van der Waals surface area contributed by atoms with Crippen molar-refractivity contribution in [1.82, 2.24) is 0 Å².